The van der Waals surface area contributed by atoms with Gasteiger partial charge in [0.1, 0.15) is 17.0 Å². The van der Waals surface area contributed by atoms with Crippen molar-refractivity contribution in [3.05, 3.63) is 6.07 Å². The topological polar surface area (TPSA) is 127 Å². The van der Waals surface area contributed by atoms with Gasteiger partial charge >= 0.3 is 0 Å². The van der Waals surface area contributed by atoms with Gasteiger partial charge < -0.3 is 16.1 Å². The Labute approximate surface area is 122 Å². The first kappa shape index (κ1) is 15.1. The van der Waals surface area contributed by atoms with Crippen LogP contribution in [0.4, 0.5) is 17.6 Å². The predicted molar refractivity (Wildman–Crippen MR) is 82.2 cm³/mol. The molecule has 1 saturated heterocycles. The molecule has 5 N–H and O–H groups in total. The molecular formula is C10H18N6O2S2. The third-order valence-electron chi connectivity index (χ3n) is 3.07. The number of hydrogen-bond donors (Lipinski definition) is 3. The van der Waals surface area contributed by atoms with Gasteiger partial charge in [0.2, 0.25) is 5.95 Å². The molecule has 0 saturated carbocycles. The second-order valence-corrected chi connectivity index (χ2v) is 7.89. The summed E-state index contributed by atoms with van der Waals surface area (Å²) in [7, 11) is -3.20. The van der Waals surface area contributed by atoms with E-state index in [2.05, 4.69) is 15.4 Å². The van der Waals surface area contributed by atoms with Crippen LogP contribution in [-0.4, -0.2) is 47.6 Å². The minimum Gasteiger partial charge on any atom is -0.368 e. The first-order chi connectivity index (χ1) is 9.47. The van der Waals surface area contributed by atoms with Crippen molar-refractivity contribution in [2.24, 2.45) is 5.84 Å². The number of hydrazine groups is 1. The lowest BCUT2D eigenvalue weighted by atomic mass is 10.4. The molecule has 1 fully saturated rings. The van der Waals surface area contributed by atoms with Crippen LogP contribution in [0.1, 0.15) is 6.92 Å². The zero-order chi connectivity index (χ0) is 14.8. The van der Waals surface area contributed by atoms with E-state index >= 15 is 0 Å². The molecule has 1 unspecified atom stereocenters. The normalized spacial score (nSPS) is 19.9. The van der Waals surface area contributed by atoms with Gasteiger partial charge in [-0.1, -0.05) is 6.92 Å². The molecule has 1 aliphatic heterocycles. The largest absolute Gasteiger partial charge is 0.368 e. The van der Waals surface area contributed by atoms with Gasteiger partial charge in [0, 0.05) is 29.9 Å². The Morgan fingerprint density at radius 1 is 1.55 bits per heavy atom. The van der Waals surface area contributed by atoms with Crippen LogP contribution in [0, 0.1) is 0 Å². The van der Waals surface area contributed by atoms with Crippen LogP contribution in [0.15, 0.2) is 6.07 Å². The van der Waals surface area contributed by atoms with E-state index in [9.17, 15) is 8.42 Å². The summed E-state index contributed by atoms with van der Waals surface area (Å²) in [5, 5.41) is -0.592. The van der Waals surface area contributed by atoms with E-state index in [0.717, 1.165) is 5.75 Å². The number of nitrogens with one attached hydrogen (secondary N) is 1. The number of nitrogens with zero attached hydrogens (tertiary/aromatic N) is 3. The number of sulfone groups is 1. The van der Waals surface area contributed by atoms with Crippen LogP contribution in [0.3, 0.4) is 0 Å². The molecule has 10 heteroatoms. The molecule has 0 amide bonds. The maximum absolute atomic E-state index is 12.2. The van der Waals surface area contributed by atoms with Gasteiger partial charge in [-0.2, -0.15) is 21.7 Å². The fourth-order valence-corrected chi connectivity index (χ4v) is 4.98. The molecule has 2 heterocycles. The number of nitrogens with two attached hydrogens (primary N) is 2. The third-order valence-corrected chi connectivity index (χ3v) is 6.36. The maximum Gasteiger partial charge on any atom is 0.223 e. The van der Waals surface area contributed by atoms with Crippen molar-refractivity contribution in [1.82, 2.24) is 9.97 Å². The van der Waals surface area contributed by atoms with Crippen molar-refractivity contribution in [2.45, 2.75) is 12.3 Å². The molecule has 1 aliphatic rings. The Morgan fingerprint density at radius 2 is 2.30 bits per heavy atom. The lowest BCUT2D eigenvalue weighted by molar-refractivity contribution is 0.579. The Bertz CT molecular complexity index is 579. The van der Waals surface area contributed by atoms with E-state index < -0.39 is 15.2 Å². The number of thioether (sulfide) groups is 1. The molecule has 1 atom stereocenters. The number of rotatable bonds is 4. The van der Waals surface area contributed by atoms with Crippen LogP contribution < -0.4 is 21.9 Å². The Balaban J connectivity index is 2.40. The predicted octanol–water partition coefficient (Wildman–Crippen LogP) is -0.342. The zero-order valence-corrected chi connectivity index (χ0v) is 12.7. The SMILES string of the molecule is CCS(=O)(=O)C1CSCCN1c1cc(NN)nc(N)n1. The molecule has 0 aliphatic carbocycles. The van der Waals surface area contributed by atoms with Crippen LogP contribution in [-0.2, 0) is 9.84 Å². The third kappa shape index (κ3) is 3.07. The molecule has 1 aromatic heterocycles. The summed E-state index contributed by atoms with van der Waals surface area (Å²) < 4.78 is 24.4. The van der Waals surface area contributed by atoms with Crippen LogP contribution in [0.5, 0.6) is 0 Å². The summed E-state index contributed by atoms with van der Waals surface area (Å²) >= 11 is 1.62. The summed E-state index contributed by atoms with van der Waals surface area (Å²) in [5.74, 6) is 7.68. The van der Waals surface area contributed by atoms with E-state index in [1.54, 1.807) is 29.7 Å². The summed E-state index contributed by atoms with van der Waals surface area (Å²) in [6.07, 6.45) is 0. The number of nitrogen functional groups attached to an aromatic ring is 2. The Hall–Kier alpha value is -1.26. The molecule has 0 radical (unpaired) electrons. The van der Waals surface area contributed by atoms with Gasteiger partial charge in [-0.25, -0.2) is 14.3 Å². The number of aromatic nitrogens is 2. The van der Waals surface area contributed by atoms with Gasteiger partial charge in [0.25, 0.3) is 0 Å². The van der Waals surface area contributed by atoms with Crippen molar-refractivity contribution in [2.75, 3.05) is 39.9 Å². The minimum absolute atomic E-state index is 0.0568. The maximum atomic E-state index is 12.2. The van der Waals surface area contributed by atoms with Crippen molar-refractivity contribution >= 4 is 39.2 Å². The fraction of sp³-hybridized carbons (Fsp3) is 0.600. The van der Waals surface area contributed by atoms with Crippen molar-refractivity contribution < 1.29 is 8.42 Å². The minimum atomic E-state index is -3.20. The molecule has 0 aromatic carbocycles. The number of hydrogen-bond acceptors (Lipinski definition) is 9. The first-order valence-electron chi connectivity index (χ1n) is 6.15. The first-order valence-corrected chi connectivity index (χ1v) is 9.02. The lowest BCUT2D eigenvalue weighted by Crippen LogP contribution is -2.48. The highest BCUT2D eigenvalue weighted by Gasteiger charge is 2.34. The molecule has 0 spiro atoms. The van der Waals surface area contributed by atoms with Crippen molar-refractivity contribution in [1.29, 1.82) is 0 Å². The molecule has 8 nitrogen and oxygen atoms in total. The molecule has 2 rings (SSSR count). The molecule has 0 bridgehead atoms. The Kier molecular flexibility index (Phi) is 4.55. The van der Waals surface area contributed by atoms with Crippen molar-refractivity contribution in [3.63, 3.8) is 0 Å². The van der Waals surface area contributed by atoms with E-state index in [-0.39, 0.29) is 11.7 Å². The summed E-state index contributed by atoms with van der Waals surface area (Å²) in [5.41, 5.74) is 8.03. The van der Waals surface area contributed by atoms with Crippen LogP contribution >= 0.6 is 11.8 Å². The zero-order valence-electron chi connectivity index (χ0n) is 11.1. The van der Waals surface area contributed by atoms with Gasteiger partial charge in [0.15, 0.2) is 9.84 Å². The van der Waals surface area contributed by atoms with Crippen molar-refractivity contribution in [3.8, 4) is 0 Å². The highest BCUT2D eigenvalue weighted by molar-refractivity contribution is 8.01. The summed E-state index contributed by atoms with van der Waals surface area (Å²) in [6, 6.07) is 1.60. The monoisotopic (exact) mass is 318 g/mol. The molecule has 112 valence electrons. The molecule has 1 aromatic rings. The highest BCUT2D eigenvalue weighted by Crippen LogP contribution is 2.27. The fourth-order valence-electron chi connectivity index (χ4n) is 2.01. The van der Waals surface area contributed by atoms with Gasteiger partial charge in [-0.3, -0.25) is 0 Å². The summed E-state index contributed by atoms with van der Waals surface area (Å²) in [6.45, 7) is 2.24. The van der Waals surface area contributed by atoms with Crippen LogP contribution in [0.2, 0.25) is 0 Å². The van der Waals surface area contributed by atoms with Gasteiger partial charge in [0.05, 0.1) is 0 Å². The molecular weight excluding hydrogens is 300 g/mol. The second kappa shape index (κ2) is 6.02. The highest BCUT2D eigenvalue weighted by atomic mass is 32.2. The van der Waals surface area contributed by atoms with Crippen LogP contribution in [0.25, 0.3) is 0 Å². The quantitative estimate of drug-likeness (QED) is 0.504. The molecule has 20 heavy (non-hydrogen) atoms. The van der Waals surface area contributed by atoms with E-state index in [4.69, 9.17) is 11.6 Å². The van der Waals surface area contributed by atoms with Gasteiger partial charge in [-0.15, -0.1) is 0 Å². The smallest absolute Gasteiger partial charge is 0.223 e. The number of anilines is 3. The Morgan fingerprint density at radius 3 is 2.95 bits per heavy atom. The standard InChI is InChI=1S/C10H18N6O2S2/c1-2-20(17,18)9-6-19-4-3-16(9)8-5-7(15-12)13-10(11)14-8/h5,9H,2-4,6,12H2,1H3,(H3,11,13,14,15). The van der Waals surface area contributed by atoms with E-state index in [1.807, 2.05) is 0 Å². The second-order valence-electron chi connectivity index (χ2n) is 4.29. The summed E-state index contributed by atoms with van der Waals surface area (Å²) in [4.78, 5) is 9.79. The lowest BCUT2D eigenvalue weighted by Gasteiger charge is -2.35. The van der Waals surface area contributed by atoms with Gasteiger partial charge in [-0.05, 0) is 0 Å². The average molecular weight is 318 g/mol. The van der Waals surface area contributed by atoms with E-state index in [0.29, 0.717) is 23.9 Å². The average Bonchev–Trinajstić information content (AvgIpc) is 2.46. The van der Waals surface area contributed by atoms with E-state index in [1.165, 1.54) is 0 Å².